The lowest BCUT2D eigenvalue weighted by molar-refractivity contribution is -0.136. The minimum atomic E-state index is -0.998. The summed E-state index contributed by atoms with van der Waals surface area (Å²) in [6.45, 7) is 0. The van der Waals surface area contributed by atoms with Gasteiger partial charge in [0, 0.05) is 51.2 Å². The van der Waals surface area contributed by atoms with Gasteiger partial charge in [-0.3, -0.25) is 14.6 Å². The van der Waals surface area contributed by atoms with E-state index in [4.69, 9.17) is 21.7 Å². The summed E-state index contributed by atoms with van der Waals surface area (Å²) < 4.78 is 0. The normalized spacial score (nSPS) is 10.9. The first-order valence-electron chi connectivity index (χ1n) is 8.96. The van der Waals surface area contributed by atoms with Crippen molar-refractivity contribution >= 4 is 56.5 Å². The summed E-state index contributed by atoms with van der Waals surface area (Å²) in [6.07, 6.45) is 3.20. The molecule has 0 fully saturated rings. The lowest BCUT2D eigenvalue weighted by atomic mass is 10.0. The Bertz CT molecular complexity index is 1260. The molecule has 0 atom stereocenters. The molecule has 2 aromatic carbocycles. The molecule has 4 aromatic rings. The van der Waals surface area contributed by atoms with Gasteiger partial charge in [0.25, 0.3) is 0 Å². The summed E-state index contributed by atoms with van der Waals surface area (Å²) in [5, 5.41) is 15.3. The molecule has 29 heavy (non-hydrogen) atoms. The zero-order valence-corrected chi connectivity index (χ0v) is 16.0. The number of hydrogen-bond donors (Lipinski definition) is 2. The second kappa shape index (κ2) is 7.85. The first-order valence-corrected chi connectivity index (χ1v) is 9.34. The van der Waals surface area contributed by atoms with Crippen molar-refractivity contribution in [2.45, 2.75) is 12.8 Å². The number of Topliss-reactive ketones (excluding diaryl/α,β-unsaturated/α-hetero) is 1. The number of pyridine rings is 2. The average molecular weight is 406 g/mol. The summed E-state index contributed by atoms with van der Waals surface area (Å²) in [6, 6.07) is 14.4. The third-order valence-corrected chi connectivity index (χ3v) is 4.81. The van der Waals surface area contributed by atoms with Crippen molar-refractivity contribution in [1.82, 2.24) is 9.97 Å². The third-order valence-electron chi connectivity index (χ3n) is 4.57. The van der Waals surface area contributed by atoms with Crippen molar-refractivity contribution in [2.75, 3.05) is 5.32 Å². The predicted molar refractivity (Wildman–Crippen MR) is 113 cm³/mol. The molecule has 6 nitrogen and oxygen atoms in total. The van der Waals surface area contributed by atoms with Gasteiger partial charge in [-0.2, -0.15) is 0 Å². The minimum Gasteiger partial charge on any atom is -0.481 e. The van der Waals surface area contributed by atoms with E-state index in [0.29, 0.717) is 21.9 Å². The van der Waals surface area contributed by atoms with Crippen molar-refractivity contribution in [2.24, 2.45) is 0 Å². The molecule has 0 bridgehead atoms. The van der Waals surface area contributed by atoms with E-state index in [1.807, 2.05) is 24.3 Å². The van der Waals surface area contributed by atoms with Crippen molar-refractivity contribution in [3.05, 3.63) is 71.5 Å². The first kappa shape index (κ1) is 18.8. The van der Waals surface area contributed by atoms with Gasteiger partial charge in [-0.15, -0.1) is 0 Å². The number of nitrogens with one attached hydrogen (secondary N) is 1. The molecule has 7 heteroatoms. The number of ketones is 1. The van der Waals surface area contributed by atoms with Crippen LogP contribution in [-0.2, 0) is 4.79 Å². The van der Waals surface area contributed by atoms with Crippen molar-refractivity contribution in [1.29, 1.82) is 0 Å². The number of hydrogen-bond acceptors (Lipinski definition) is 5. The molecular formula is C22H16ClN3O3. The largest absolute Gasteiger partial charge is 0.481 e. The van der Waals surface area contributed by atoms with Crippen LogP contribution in [0.25, 0.3) is 21.7 Å². The third kappa shape index (κ3) is 4.02. The van der Waals surface area contributed by atoms with E-state index < -0.39 is 5.97 Å². The highest BCUT2D eigenvalue weighted by Gasteiger charge is 2.13. The molecule has 144 valence electrons. The number of carboxylic acids is 1. The Kier molecular flexibility index (Phi) is 5.10. The van der Waals surface area contributed by atoms with Crippen LogP contribution in [0.15, 0.2) is 60.9 Å². The summed E-state index contributed by atoms with van der Waals surface area (Å²) in [5.41, 5.74) is 1.84. The molecule has 0 amide bonds. The van der Waals surface area contributed by atoms with Crippen LogP contribution < -0.4 is 5.32 Å². The highest BCUT2D eigenvalue weighted by Crippen LogP contribution is 2.31. The van der Waals surface area contributed by atoms with E-state index in [-0.39, 0.29) is 18.6 Å². The molecule has 0 spiro atoms. The van der Waals surface area contributed by atoms with Crippen molar-refractivity contribution < 1.29 is 14.7 Å². The average Bonchev–Trinajstić information content (AvgIpc) is 2.71. The van der Waals surface area contributed by atoms with Crippen LogP contribution in [0.5, 0.6) is 0 Å². The highest BCUT2D eigenvalue weighted by atomic mass is 35.5. The number of halogens is 1. The van der Waals surface area contributed by atoms with Gasteiger partial charge in [0.05, 0.1) is 11.9 Å². The van der Waals surface area contributed by atoms with E-state index in [1.165, 1.54) is 0 Å². The van der Waals surface area contributed by atoms with Crippen LogP contribution in [0.3, 0.4) is 0 Å². The molecule has 0 saturated heterocycles. The monoisotopic (exact) mass is 405 g/mol. The molecule has 0 aliphatic rings. The summed E-state index contributed by atoms with van der Waals surface area (Å²) >= 11 is 6.08. The second-order valence-electron chi connectivity index (χ2n) is 6.57. The smallest absolute Gasteiger partial charge is 0.303 e. The number of fused-ring (bicyclic) bond motifs is 3. The van der Waals surface area contributed by atoms with Crippen LogP contribution in [0.1, 0.15) is 23.2 Å². The fraction of sp³-hybridized carbons (Fsp3) is 0.0909. The molecule has 0 aliphatic heterocycles. The van der Waals surface area contributed by atoms with Gasteiger partial charge in [-0.1, -0.05) is 29.8 Å². The summed E-state index contributed by atoms with van der Waals surface area (Å²) in [5.74, 6) is -0.610. The number of carbonyl (C=O) groups is 2. The highest BCUT2D eigenvalue weighted by molar-refractivity contribution is 6.30. The van der Waals surface area contributed by atoms with E-state index in [2.05, 4.69) is 10.3 Å². The number of nitrogens with zero attached hydrogens (tertiary/aromatic N) is 2. The number of aromatic nitrogens is 2. The predicted octanol–water partition coefficient (Wildman–Crippen LogP) is 5.23. The second-order valence-corrected chi connectivity index (χ2v) is 7.00. The van der Waals surface area contributed by atoms with E-state index in [9.17, 15) is 9.59 Å². The van der Waals surface area contributed by atoms with Crippen LogP contribution in [0.2, 0.25) is 5.02 Å². The number of rotatable bonds is 6. The molecule has 0 unspecified atom stereocenters. The fourth-order valence-electron chi connectivity index (χ4n) is 3.18. The Morgan fingerprint density at radius 2 is 1.86 bits per heavy atom. The van der Waals surface area contributed by atoms with Crippen molar-refractivity contribution in [3.63, 3.8) is 0 Å². The van der Waals surface area contributed by atoms with Gasteiger partial charge in [0.15, 0.2) is 5.78 Å². The maximum absolute atomic E-state index is 12.3. The quantitative estimate of drug-likeness (QED) is 0.337. The molecule has 4 rings (SSSR count). The molecule has 2 heterocycles. The van der Waals surface area contributed by atoms with Crippen molar-refractivity contribution in [3.8, 4) is 0 Å². The molecule has 2 N–H and O–H groups in total. The van der Waals surface area contributed by atoms with Gasteiger partial charge in [0.1, 0.15) is 5.82 Å². The molecular weight excluding hydrogens is 390 g/mol. The van der Waals surface area contributed by atoms with Crippen LogP contribution in [0.4, 0.5) is 11.5 Å². The molecule has 2 aromatic heterocycles. The summed E-state index contributed by atoms with van der Waals surface area (Å²) in [7, 11) is 0. The molecule has 0 radical (unpaired) electrons. The molecule has 0 saturated carbocycles. The standard InChI is InChI=1S/C22H16ClN3O3/c23-14-2-1-3-15(11-14)25-22-17-8-9-24-12-18(17)16-5-4-13(10-19(16)26-22)20(27)6-7-21(28)29/h1-5,8-12H,6-7H2,(H,25,26)(H,28,29). The Balaban J connectivity index is 1.81. The van der Waals surface area contributed by atoms with Crippen LogP contribution in [-0.4, -0.2) is 26.8 Å². The van der Waals surface area contributed by atoms with E-state index >= 15 is 0 Å². The van der Waals surface area contributed by atoms with Gasteiger partial charge in [-0.25, -0.2) is 4.98 Å². The fourth-order valence-corrected chi connectivity index (χ4v) is 3.37. The number of carbonyl (C=O) groups excluding carboxylic acids is 1. The van der Waals surface area contributed by atoms with E-state index in [0.717, 1.165) is 21.8 Å². The van der Waals surface area contributed by atoms with Gasteiger partial charge in [0.2, 0.25) is 0 Å². The van der Waals surface area contributed by atoms with E-state index in [1.54, 1.807) is 36.7 Å². The van der Waals surface area contributed by atoms with Gasteiger partial charge in [-0.05, 0) is 30.3 Å². The Morgan fingerprint density at radius 1 is 1.00 bits per heavy atom. The van der Waals surface area contributed by atoms with Gasteiger partial charge >= 0.3 is 5.97 Å². The Labute approximate surface area is 171 Å². The number of carboxylic acid groups (broad SMARTS) is 1. The lowest BCUT2D eigenvalue weighted by Crippen LogP contribution is -2.04. The number of anilines is 2. The molecule has 0 aliphatic carbocycles. The number of aliphatic carboxylic acids is 1. The Morgan fingerprint density at radius 3 is 2.66 bits per heavy atom. The van der Waals surface area contributed by atoms with Crippen LogP contribution >= 0.6 is 11.6 Å². The lowest BCUT2D eigenvalue weighted by Gasteiger charge is -2.12. The van der Waals surface area contributed by atoms with Crippen LogP contribution in [0, 0.1) is 0 Å². The SMILES string of the molecule is O=C(O)CCC(=O)c1ccc2c(c1)nc(Nc1cccc(Cl)c1)c1ccncc12. The first-order chi connectivity index (χ1) is 14.0. The maximum atomic E-state index is 12.3. The Hall–Kier alpha value is -3.51. The topological polar surface area (TPSA) is 92.2 Å². The zero-order valence-electron chi connectivity index (χ0n) is 15.2. The number of benzene rings is 2. The van der Waals surface area contributed by atoms with Gasteiger partial charge < -0.3 is 10.4 Å². The minimum absolute atomic E-state index is 0.0520. The zero-order chi connectivity index (χ0) is 20.4. The maximum Gasteiger partial charge on any atom is 0.303 e. The summed E-state index contributed by atoms with van der Waals surface area (Å²) in [4.78, 5) is 32.0.